The first kappa shape index (κ1) is 9.13. The molecule has 14 heavy (non-hydrogen) atoms. The zero-order valence-corrected chi connectivity index (χ0v) is 9.04. The van der Waals surface area contributed by atoms with Gasteiger partial charge >= 0.3 is 0 Å². The van der Waals surface area contributed by atoms with Gasteiger partial charge in [0.1, 0.15) is 0 Å². The zero-order valence-electron chi connectivity index (χ0n) is 9.04. The van der Waals surface area contributed by atoms with Crippen molar-refractivity contribution in [3.05, 3.63) is 0 Å². The quantitative estimate of drug-likeness (QED) is 0.636. The molecule has 0 aromatic rings. The van der Waals surface area contributed by atoms with Gasteiger partial charge in [-0.3, -0.25) is 4.90 Å². The van der Waals surface area contributed by atoms with Crippen molar-refractivity contribution in [2.24, 2.45) is 5.41 Å². The second kappa shape index (κ2) is 3.19. The second-order valence-corrected chi connectivity index (χ2v) is 5.22. The van der Waals surface area contributed by atoms with Crippen LogP contribution in [0.3, 0.4) is 0 Å². The van der Waals surface area contributed by atoms with Gasteiger partial charge in [0, 0.05) is 25.0 Å². The van der Waals surface area contributed by atoms with Crippen LogP contribution in [0.2, 0.25) is 0 Å². The second-order valence-electron chi connectivity index (χ2n) is 5.22. The van der Waals surface area contributed by atoms with Crippen LogP contribution in [0.5, 0.6) is 0 Å². The monoisotopic (exact) mass is 196 g/mol. The molecule has 0 unspecified atom stereocenters. The van der Waals surface area contributed by atoms with Gasteiger partial charge in [-0.2, -0.15) is 0 Å². The van der Waals surface area contributed by atoms with Gasteiger partial charge in [-0.05, 0) is 19.5 Å². The van der Waals surface area contributed by atoms with Gasteiger partial charge in [0.05, 0.1) is 19.3 Å². The molecule has 0 saturated carbocycles. The molecular formula is C11H20N2O. The van der Waals surface area contributed by atoms with E-state index in [0.717, 1.165) is 19.3 Å². The number of rotatable bonds is 2. The van der Waals surface area contributed by atoms with Crippen LogP contribution in [0.15, 0.2) is 0 Å². The summed E-state index contributed by atoms with van der Waals surface area (Å²) in [7, 11) is 0. The standard InChI is InChI=1S/C11H20N2O/c1-2-12-4-3-11(7-12)8-13(9-11)10-5-14-6-10/h10H,2-9H2,1H3. The van der Waals surface area contributed by atoms with Crippen LogP contribution in [0, 0.1) is 5.41 Å². The Morgan fingerprint density at radius 2 is 2.07 bits per heavy atom. The van der Waals surface area contributed by atoms with E-state index in [2.05, 4.69) is 16.7 Å². The van der Waals surface area contributed by atoms with Crippen LogP contribution in [0.4, 0.5) is 0 Å². The van der Waals surface area contributed by atoms with Crippen LogP contribution in [0.1, 0.15) is 13.3 Å². The normalized spacial score (nSPS) is 33.2. The Labute approximate surface area is 86.0 Å². The highest BCUT2D eigenvalue weighted by Gasteiger charge is 2.49. The number of nitrogens with zero attached hydrogens (tertiary/aromatic N) is 2. The molecule has 0 aliphatic carbocycles. The van der Waals surface area contributed by atoms with E-state index in [0.29, 0.717) is 5.41 Å². The predicted octanol–water partition coefficient (Wildman–Crippen LogP) is 0.413. The largest absolute Gasteiger partial charge is 0.378 e. The average molecular weight is 196 g/mol. The Hall–Kier alpha value is -0.120. The summed E-state index contributed by atoms with van der Waals surface area (Å²) >= 11 is 0. The van der Waals surface area contributed by atoms with Crippen molar-refractivity contribution in [3.63, 3.8) is 0 Å². The summed E-state index contributed by atoms with van der Waals surface area (Å²) < 4.78 is 5.23. The van der Waals surface area contributed by atoms with Crippen LogP contribution < -0.4 is 0 Å². The molecule has 3 heterocycles. The van der Waals surface area contributed by atoms with Crippen molar-refractivity contribution in [2.45, 2.75) is 19.4 Å². The van der Waals surface area contributed by atoms with Gasteiger partial charge < -0.3 is 9.64 Å². The Morgan fingerprint density at radius 1 is 1.29 bits per heavy atom. The van der Waals surface area contributed by atoms with Crippen LogP contribution in [0.25, 0.3) is 0 Å². The molecule has 3 fully saturated rings. The maximum atomic E-state index is 5.23. The number of likely N-dealkylation sites (tertiary alicyclic amines) is 2. The van der Waals surface area contributed by atoms with Crippen molar-refractivity contribution in [2.75, 3.05) is 45.9 Å². The molecule has 3 aliphatic rings. The molecule has 80 valence electrons. The fourth-order valence-corrected chi connectivity index (χ4v) is 3.06. The van der Waals surface area contributed by atoms with Crippen LogP contribution in [-0.2, 0) is 4.74 Å². The van der Waals surface area contributed by atoms with Crippen LogP contribution in [-0.4, -0.2) is 61.8 Å². The first-order chi connectivity index (χ1) is 6.81. The summed E-state index contributed by atoms with van der Waals surface area (Å²) in [6.07, 6.45) is 1.42. The molecule has 3 rings (SSSR count). The lowest BCUT2D eigenvalue weighted by Gasteiger charge is -2.53. The lowest BCUT2D eigenvalue weighted by Crippen LogP contribution is -2.65. The third-order valence-corrected chi connectivity index (χ3v) is 4.18. The molecule has 3 heteroatoms. The summed E-state index contributed by atoms with van der Waals surface area (Å²) in [5, 5.41) is 0. The number of hydrogen-bond acceptors (Lipinski definition) is 3. The van der Waals surface area contributed by atoms with Gasteiger partial charge in [0.15, 0.2) is 0 Å². The highest BCUT2D eigenvalue weighted by atomic mass is 16.5. The van der Waals surface area contributed by atoms with Crippen molar-refractivity contribution in [1.29, 1.82) is 0 Å². The molecule has 3 saturated heterocycles. The van der Waals surface area contributed by atoms with E-state index in [1.165, 1.54) is 39.1 Å². The number of ether oxygens (including phenoxy) is 1. The molecule has 3 aliphatic heterocycles. The van der Waals surface area contributed by atoms with Gasteiger partial charge in [-0.25, -0.2) is 0 Å². The lowest BCUT2D eigenvalue weighted by atomic mass is 9.78. The first-order valence-electron chi connectivity index (χ1n) is 5.85. The number of hydrogen-bond donors (Lipinski definition) is 0. The summed E-state index contributed by atoms with van der Waals surface area (Å²) in [6.45, 7) is 10.8. The molecule has 0 aromatic heterocycles. The molecular weight excluding hydrogens is 176 g/mol. The predicted molar refractivity (Wildman–Crippen MR) is 55.3 cm³/mol. The minimum atomic E-state index is 0.672. The van der Waals surface area contributed by atoms with Gasteiger partial charge in [-0.1, -0.05) is 6.92 Å². The molecule has 0 N–H and O–H groups in total. The summed E-state index contributed by atoms with van der Waals surface area (Å²) in [4.78, 5) is 5.21. The highest BCUT2D eigenvalue weighted by Crippen LogP contribution is 2.41. The fourth-order valence-electron chi connectivity index (χ4n) is 3.06. The SMILES string of the molecule is CCN1CCC2(C1)CN(C1COC1)C2. The Kier molecular flexibility index (Phi) is 2.08. The summed E-state index contributed by atoms with van der Waals surface area (Å²) in [6, 6.07) is 0.760. The maximum absolute atomic E-state index is 5.23. The minimum Gasteiger partial charge on any atom is -0.378 e. The van der Waals surface area contributed by atoms with Gasteiger partial charge in [-0.15, -0.1) is 0 Å². The zero-order chi connectivity index (χ0) is 9.60. The average Bonchev–Trinajstić information content (AvgIpc) is 2.44. The molecule has 3 nitrogen and oxygen atoms in total. The highest BCUT2D eigenvalue weighted by molar-refractivity contribution is 5.03. The Balaban J connectivity index is 1.52. The summed E-state index contributed by atoms with van der Waals surface area (Å²) in [5.74, 6) is 0. The van der Waals surface area contributed by atoms with E-state index in [4.69, 9.17) is 4.74 Å². The third kappa shape index (κ3) is 1.30. The minimum absolute atomic E-state index is 0.672. The van der Waals surface area contributed by atoms with Crippen molar-refractivity contribution < 1.29 is 4.74 Å². The Morgan fingerprint density at radius 3 is 2.57 bits per heavy atom. The maximum Gasteiger partial charge on any atom is 0.0645 e. The van der Waals surface area contributed by atoms with Crippen molar-refractivity contribution in [1.82, 2.24) is 9.80 Å². The first-order valence-corrected chi connectivity index (χ1v) is 5.85. The lowest BCUT2D eigenvalue weighted by molar-refractivity contribution is -0.127. The van der Waals surface area contributed by atoms with E-state index in [1.54, 1.807) is 0 Å². The molecule has 0 radical (unpaired) electrons. The van der Waals surface area contributed by atoms with E-state index in [9.17, 15) is 0 Å². The van der Waals surface area contributed by atoms with Gasteiger partial charge in [0.25, 0.3) is 0 Å². The fraction of sp³-hybridized carbons (Fsp3) is 1.00. The van der Waals surface area contributed by atoms with Crippen molar-refractivity contribution in [3.8, 4) is 0 Å². The van der Waals surface area contributed by atoms with Crippen molar-refractivity contribution >= 4 is 0 Å². The van der Waals surface area contributed by atoms with Gasteiger partial charge in [0.2, 0.25) is 0 Å². The smallest absolute Gasteiger partial charge is 0.0645 e. The molecule has 0 aromatic carbocycles. The molecule has 0 bridgehead atoms. The van der Waals surface area contributed by atoms with E-state index in [1.807, 2.05) is 0 Å². The molecule has 0 atom stereocenters. The summed E-state index contributed by atoms with van der Waals surface area (Å²) in [5.41, 5.74) is 0.672. The van der Waals surface area contributed by atoms with E-state index >= 15 is 0 Å². The van der Waals surface area contributed by atoms with E-state index in [-0.39, 0.29) is 0 Å². The van der Waals surface area contributed by atoms with Crippen LogP contribution >= 0.6 is 0 Å². The molecule has 0 amide bonds. The molecule has 1 spiro atoms. The Bertz CT molecular complexity index is 221. The van der Waals surface area contributed by atoms with E-state index < -0.39 is 0 Å². The third-order valence-electron chi connectivity index (χ3n) is 4.18. The topological polar surface area (TPSA) is 15.7 Å².